The highest BCUT2D eigenvalue weighted by Crippen LogP contribution is 2.92. The molecule has 2 N–H and O–H groups in total. The summed E-state index contributed by atoms with van der Waals surface area (Å²) < 4.78 is 0. The van der Waals surface area contributed by atoms with Gasteiger partial charge in [0.1, 0.15) is 0 Å². The zero-order chi connectivity index (χ0) is 9.62. The Bertz CT molecular complexity index is 337. The summed E-state index contributed by atoms with van der Waals surface area (Å²) in [6, 6.07) is 0. The molecule has 0 spiro atoms. The number of rotatable bonds is 0. The molecule has 4 bridgehead atoms. The van der Waals surface area contributed by atoms with Crippen molar-refractivity contribution in [2.75, 3.05) is 0 Å². The first kappa shape index (κ1) is 7.24. The maximum Gasteiger partial charge on any atom is 0.0688 e. The fourth-order valence-electron chi connectivity index (χ4n) is 7.09. The van der Waals surface area contributed by atoms with E-state index in [0.29, 0.717) is 35.5 Å². The summed E-state index contributed by atoms with van der Waals surface area (Å²) in [4.78, 5) is 0. The topological polar surface area (TPSA) is 40.5 Å². The maximum atomic E-state index is 10.5. The van der Waals surface area contributed by atoms with Crippen LogP contribution in [0, 0.1) is 47.3 Å². The summed E-state index contributed by atoms with van der Waals surface area (Å²) in [7, 11) is 0. The molecular formula is C12H16O2. The molecule has 6 rings (SSSR count). The van der Waals surface area contributed by atoms with Crippen LogP contribution in [-0.2, 0) is 0 Å². The van der Waals surface area contributed by atoms with Gasteiger partial charge in [0.25, 0.3) is 0 Å². The van der Waals surface area contributed by atoms with Gasteiger partial charge in [-0.1, -0.05) is 0 Å². The summed E-state index contributed by atoms with van der Waals surface area (Å²) in [6.45, 7) is 4.06. The van der Waals surface area contributed by atoms with Crippen LogP contribution in [0.1, 0.15) is 13.8 Å². The largest absolute Gasteiger partial charge is 0.390 e. The van der Waals surface area contributed by atoms with Gasteiger partial charge in [0.2, 0.25) is 0 Å². The Balaban J connectivity index is 1.82. The second-order valence-corrected chi connectivity index (χ2v) is 6.86. The van der Waals surface area contributed by atoms with E-state index in [4.69, 9.17) is 0 Å². The molecule has 0 aromatic heterocycles. The molecule has 6 aliphatic rings. The average molecular weight is 192 g/mol. The molecule has 0 aliphatic heterocycles. The van der Waals surface area contributed by atoms with Gasteiger partial charge in [-0.3, -0.25) is 0 Å². The van der Waals surface area contributed by atoms with Gasteiger partial charge < -0.3 is 10.2 Å². The second kappa shape index (κ2) is 1.42. The van der Waals surface area contributed by atoms with E-state index in [1.165, 1.54) is 0 Å². The SMILES string of the molecule is C[C@@]1(O)[C@@H]2[C@@H]3[C@@H]4[C@@H]2[C@H]2[C@H]1[C@@H]3[C@H]4[C@@]2(C)O. The summed E-state index contributed by atoms with van der Waals surface area (Å²) in [5.74, 6) is 4.95. The molecule has 0 aromatic rings. The molecule has 2 nitrogen and oxygen atoms in total. The Morgan fingerprint density at radius 2 is 1.00 bits per heavy atom. The molecule has 0 heterocycles. The van der Waals surface area contributed by atoms with Gasteiger partial charge in [-0.05, 0) is 61.2 Å². The fraction of sp³-hybridized carbons (Fsp3) is 1.00. The molecular weight excluding hydrogens is 176 g/mol. The van der Waals surface area contributed by atoms with Crippen molar-refractivity contribution in [2.45, 2.75) is 25.0 Å². The van der Waals surface area contributed by atoms with Gasteiger partial charge >= 0.3 is 0 Å². The molecule has 10 atom stereocenters. The van der Waals surface area contributed by atoms with Crippen LogP contribution in [0.4, 0.5) is 0 Å². The highest BCUT2D eigenvalue weighted by molar-refractivity contribution is 5.41. The van der Waals surface area contributed by atoms with Crippen molar-refractivity contribution in [1.82, 2.24) is 0 Å². The lowest BCUT2D eigenvalue weighted by Crippen LogP contribution is -2.62. The summed E-state index contributed by atoms with van der Waals surface area (Å²) in [5, 5.41) is 21.0. The smallest absolute Gasteiger partial charge is 0.0688 e. The van der Waals surface area contributed by atoms with Crippen molar-refractivity contribution >= 4 is 0 Å². The molecule has 0 radical (unpaired) electrons. The summed E-state index contributed by atoms with van der Waals surface area (Å²) >= 11 is 0. The quantitative estimate of drug-likeness (QED) is 0.586. The van der Waals surface area contributed by atoms with Gasteiger partial charge in [0, 0.05) is 0 Å². The Morgan fingerprint density at radius 1 is 0.643 bits per heavy atom. The number of hydrogen-bond acceptors (Lipinski definition) is 2. The maximum absolute atomic E-state index is 10.5. The third-order valence-corrected chi connectivity index (χ3v) is 6.91. The van der Waals surface area contributed by atoms with Crippen molar-refractivity contribution in [3.05, 3.63) is 0 Å². The lowest BCUT2D eigenvalue weighted by molar-refractivity contribution is -0.186. The van der Waals surface area contributed by atoms with E-state index in [9.17, 15) is 10.2 Å². The summed E-state index contributed by atoms with van der Waals surface area (Å²) in [6.07, 6.45) is 0. The van der Waals surface area contributed by atoms with E-state index in [0.717, 1.165) is 11.8 Å². The van der Waals surface area contributed by atoms with Crippen LogP contribution in [-0.4, -0.2) is 21.4 Å². The van der Waals surface area contributed by atoms with Gasteiger partial charge in [-0.25, -0.2) is 0 Å². The first-order valence-electron chi connectivity index (χ1n) is 5.94. The summed E-state index contributed by atoms with van der Waals surface area (Å²) in [5.41, 5.74) is -0.868. The Labute approximate surface area is 83.3 Å². The van der Waals surface area contributed by atoms with Gasteiger partial charge in [0.05, 0.1) is 11.2 Å². The van der Waals surface area contributed by atoms with Crippen LogP contribution in [0.3, 0.4) is 0 Å². The highest BCUT2D eigenvalue weighted by atomic mass is 16.3. The molecule has 76 valence electrons. The second-order valence-electron chi connectivity index (χ2n) is 6.86. The number of aliphatic hydroxyl groups is 2. The first-order valence-corrected chi connectivity index (χ1v) is 5.94. The molecule has 6 aliphatic carbocycles. The monoisotopic (exact) mass is 192 g/mol. The van der Waals surface area contributed by atoms with E-state index in [1.807, 2.05) is 13.8 Å². The molecule has 2 heteroatoms. The first-order chi connectivity index (χ1) is 6.49. The zero-order valence-corrected chi connectivity index (χ0v) is 8.51. The molecule has 0 saturated heterocycles. The number of hydrogen-bond donors (Lipinski definition) is 2. The molecule has 0 amide bonds. The van der Waals surface area contributed by atoms with Crippen molar-refractivity contribution < 1.29 is 10.2 Å². The van der Waals surface area contributed by atoms with Crippen molar-refractivity contribution in [3.63, 3.8) is 0 Å². The fourth-order valence-corrected chi connectivity index (χ4v) is 7.09. The normalized spacial score (nSPS) is 90.0. The lowest BCUT2D eigenvalue weighted by Gasteiger charge is -2.63. The van der Waals surface area contributed by atoms with Gasteiger partial charge in [-0.15, -0.1) is 0 Å². The van der Waals surface area contributed by atoms with Crippen molar-refractivity contribution in [2.24, 2.45) is 47.3 Å². The average Bonchev–Trinajstić information content (AvgIpc) is 2.40. The Hall–Kier alpha value is -0.0800. The minimum Gasteiger partial charge on any atom is -0.390 e. The minimum absolute atomic E-state index is 0.434. The molecule has 6 saturated carbocycles. The Kier molecular flexibility index (Phi) is 0.735. The predicted octanol–water partition coefficient (Wildman–Crippen LogP) is 0.486. The zero-order valence-electron chi connectivity index (χ0n) is 8.51. The highest BCUT2D eigenvalue weighted by Gasteiger charge is 2.94. The van der Waals surface area contributed by atoms with Gasteiger partial charge in [0.15, 0.2) is 0 Å². The van der Waals surface area contributed by atoms with E-state index in [2.05, 4.69) is 0 Å². The van der Waals surface area contributed by atoms with Gasteiger partial charge in [-0.2, -0.15) is 0 Å². The molecule has 6 fully saturated rings. The van der Waals surface area contributed by atoms with Crippen LogP contribution >= 0.6 is 0 Å². The third kappa shape index (κ3) is 0.348. The third-order valence-electron chi connectivity index (χ3n) is 6.91. The molecule has 0 unspecified atom stereocenters. The minimum atomic E-state index is -0.434. The van der Waals surface area contributed by atoms with Crippen LogP contribution in [0.2, 0.25) is 0 Å². The molecule has 14 heavy (non-hydrogen) atoms. The van der Waals surface area contributed by atoms with E-state index >= 15 is 0 Å². The van der Waals surface area contributed by atoms with Crippen molar-refractivity contribution in [1.29, 1.82) is 0 Å². The van der Waals surface area contributed by atoms with Crippen LogP contribution in [0.15, 0.2) is 0 Å². The molecule has 0 aromatic carbocycles. The van der Waals surface area contributed by atoms with E-state index in [-0.39, 0.29) is 0 Å². The van der Waals surface area contributed by atoms with Crippen LogP contribution in [0.5, 0.6) is 0 Å². The van der Waals surface area contributed by atoms with Crippen LogP contribution in [0.25, 0.3) is 0 Å². The van der Waals surface area contributed by atoms with E-state index in [1.54, 1.807) is 0 Å². The lowest BCUT2D eigenvalue weighted by atomic mass is 9.40. The van der Waals surface area contributed by atoms with E-state index < -0.39 is 11.2 Å². The Morgan fingerprint density at radius 3 is 1.29 bits per heavy atom. The predicted molar refractivity (Wildman–Crippen MR) is 49.2 cm³/mol. The standard InChI is InChI=1S/C12H16O2/c1-11(13)7-3-4-5(7)10-9(11)6(3)8(4)12(10,2)14/h3-10,13-14H,1-2H3/t3-,4-,5+,6+,7-,8+,9-,10+,11-,12-/m1/s1. The van der Waals surface area contributed by atoms with Crippen molar-refractivity contribution in [3.8, 4) is 0 Å². The van der Waals surface area contributed by atoms with Crippen LogP contribution < -0.4 is 0 Å².